The maximum Gasteiger partial charge on any atom is 0.203 e. The van der Waals surface area contributed by atoms with Gasteiger partial charge in [0.25, 0.3) is 0 Å². The maximum atomic E-state index is 5.84. The first-order valence-electron chi connectivity index (χ1n) is 6.38. The summed E-state index contributed by atoms with van der Waals surface area (Å²) in [6.07, 6.45) is 0. The van der Waals surface area contributed by atoms with E-state index in [4.69, 9.17) is 32.2 Å². The summed E-state index contributed by atoms with van der Waals surface area (Å²) in [5, 5.41) is 0. The highest BCUT2D eigenvalue weighted by Gasteiger charge is 2.11. The SMILES string of the molecule is COc1cccc(OC)c1OCc1cccc(C(N)=S)c1. The van der Waals surface area contributed by atoms with Crippen LogP contribution in [-0.4, -0.2) is 19.2 Å². The summed E-state index contributed by atoms with van der Waals surface area (Å²) in [6, 6.07) is 13.1. The summed E-state index contributed by atoms with van der Waals surface area (Å²) in [5.74, 6) is 1.82. The van der Waals surface area contributed by atoms with Crippen molar-refractivity contribution in [1.29, 1.82) is 0 Å². The molecule has 0 bridgehead atoms. The van der Waals surface area contributed by atoms with Crippen LogP contribution in [0.15, 0.2) is 42.5 Å². The molecule has 5 heteroatoms. The fraction of sp³-hybridized carbons (Fsp3) is 0.188. The van der Waals surface area contributed by atoms with E-state index in [-0.39, 0.29) is 0 Å². The number of ether oxygens (including phenoxy) is 3. The van der Waals surface area contributed by atoms with Gasteiger partial charge < -0.3 is 19.9 Å². The fourth-order valence-corrected chi connectivity index (χ4v) is 2.06. The average molecular weight is 303 g/mol. The molecule has 0 amide bonds. The molecule has 0 saturated carbocycles. The molecular weight excluding hydrogens is 286 g/mol. The molecule has 0 aliphatic rings. The number of thiocarbonyl (C=S) groups is 1. The first-order valence-corrected chi connectivity index (χ1v) is 6.79. The highest BCUT2D eigenvalue weighted by molar-refractivity contribution is 7.80. The van der Waals surface area contributed by atoms with Gasteiger partial charge in [-0.3, -0.25) is 0 Å². The Bertz CT molecular complexity index is 621. The average Bonchev–Trinajstić information content (AvgIpc) is 2.52. The Balaban J connectivity index is 2.20. The number of nitrogens with two attached hydrogens (primary N) is 1. The lowest BCUT2D eigenvalue weighted by Gasteiger charge is -2.14. The van der Waals surface area contributed by atoms with Crippen LogP contribution < -0.4 is 19.9 Å². The van der Waals surface area contributed by atoms with Gasteiger partial charge in [0.15, 0.2) is 11.5 Å². The minimum atomic E-state index is 0.367. The Kier molecular flexibility index (Phi) is 5.00. The summed E-state index contributed by atoms with van der Waals surface area (Å²) in [5.41, 5.74) is 7.42. The lowest BCUT2D eigenvalue weighted by atomic mass is 10.1. The predicted molar refractivity (Wildman–Crippen MR) is 86.2 cm³/mol. The molecule has 4 nitrogen and oxygen atoms in total. The molecule has 0 aliphatic carbocycles. The molecule has 0 unspecified atom stereocenters. The molecule has 0 fully saturated rings. The maximum absolute atomic E-state index is 5.84. The Hall–Kier alpha value is -2.27. The zero-order valence-corrected chi connectivity index (χ0v) is 12.8. The summed E-state index contributed by atoms with van der Waals surface area (Å²) in [4.78, 5) is 0.367. The van der Waals surface area contributed by atoms with Crippen LogP contribution in [0.25, 0.3) is 0 Å². The van der Waals surface area contributed by atoms with Crippen molar-refractivity contribution < 1.29 is 14.2 Å². The highest BCUT2D eigenvalue weighted by atomic mass is 32.1. The number of rotatable bonds is 6. The number of benzene rings is 2. The first-order chi connectivity index (χ1) is 10.2. The van der Waals surface area contributed by atoms with Crippen molar-refractivity contribution >= 4 is 17.2 Å². The third kappa shape index (κ3) is 3.64. The summed E-state index contributed by atoms with van der Waals surface area (Å²) in [6.45, 7) is 0.368. The third-order valence-corrected chi connectivity index (χ3v) is 3.21. The zero-order chi connectivity index (χ0) is 15.2. The number of hydrogen-bond acceptors (Lipinski definition) is 4. The summed E-state index contributed by atoms with van der Waals surface area (Å²) < 4.78 is 16.4. The van der Waals surface area contributed by atoms with Crippen LogP contribution in [0.5, 0.6) is 17.2 Å². The molecule has 2 N–H and O–H groups in total. The Morgan fingerprint density at radius 1 is 1.05 bits per heavy atom. The van der Waals surface area contributed by atoms with E-state index < -0.39 is 0 Å². The second-order valence-electron chi connectivity index (χ2n) is 4.34. The Labute approximate surface area is 129 Å². The van der Waals surface area contributed by atoms with E-state index in [0.717, 1.165) is 11.1 Å². The fourth-order valence-electron chi connectivity index (χ4n) is 1.93. The van der Waals surface area contributed by atoms with Crippen LogP contribution in [0, 0.1) is 0 Å². The molecule has 0 aromatic heterocycles. The van der Waals surface area contributed by atoms with Crippen molar-refractivity contribution in [2.45, 2.75) is 6.61 Å². The molecule has 110 valence electrons. The van der Waals surface area contributed by atoms with Crippen molar-refractivity contribution in [1.82, 2.24) is 0 Å². The largest absolute Gasteiger partial charge is 0.493 e. The molecule has 0 atom stereocenters. The van der Waals surface area contributed by atoms with Gasteiger partial charge in [-0.1, -0.05) is 36.5 Å². The van der Waals surface area contributed by atoms with Crippen LogP contribution in [0.4, 0.5) is 0 Å². The van der Waals surface area contributed by atoms with Gasteiger partial charge in [0.2, 0.25) is 5.75 Å². The molecule has 2 aromatic rings. The van der Waals surface area contributed by atoms with E-state index in [0.29, 0.717) is 28.8 Å². The molecule has 21 heavy (non-hydrogen) atoms. The quantitative estimate of drug-likeness (QED) is 0.832. The van der Waals surface area contributed by atoms with E-state index >= 15 is 0 Å². The van der Waals surface area contributed by atoms with Crippen molar-refractivity contribution in [3.8, 4) is 17.2 Å². The minimum absolute atomic E-state index is 0.367. The van der Waals surface area contributed by atoms with E-state index in [1.165, 1.54) is 0 Å². The van der Waals surface area contributed by atoms with Gasteiger partial charge in [-0.2, -0.15) is 0 Å². The minimum Gasteiger partial charge on any atom is -0.493 e. The smallest absolute Gasteiger partial charge is 0.203 e. The van der Waals surface area contributed by atoms with Gasteiger partial charge >= 0.3 is 0 Å². The van der Waals surface area contributed by atoms with Crippen molar-refractivity contribution in [2.24, 2.45) is 5.73 Å². The predicted octanol–water partition coefficient (Wildman–Crippen LogP) is 2.92. The molecule has 0 radical (unpaired) electrons. The van der Waals surface area contributed by atoms with Gasteiger partial charge in [-0.25, -0.2) is 0 Å². The zero-order valence-electron chi connectivity index (χ0n) is 12.0. The van der Waals surface area contributed by atoms with Gasteiger partial charge in [0.1, 0.15) is 11.6 Å². The number of hydrogen-bond donors (Lipinski definition) is 1. The number of para-hydroxylation sites is 1. The summed E-state index contributed by atoms with van der Waals surface area (Å²) in [7, 11) is 3.18. The van der Waals surface area contributed by atoms with Gasteiger partial charge in [-0.05, 0) is 23.8 Å². The van der Waals surface area contributed by atoms with Crippen LogP contribution in [0.2, 0.25) is 0 Å². The Morgan fingerprint density at radius 3 is 2.24 bits per heavy atom. The molecular formula is C16H17NO3S. The van der Waals surface area contributed by atoms with Crippen molar-refractivity contribution in [2.75, 3.05) is 14.2 Å². The third-order valence-electron chi connectivity index (χ3n) is 2.98. The van der Waals surface area contributed by atoms with Crippen molar-refractivity contribution in [3.05, 3.63) is 53.6 Å². The first kappa shape index (κ1) is 15.1. The van der Waals surface area contributed by atoms with Gasteiger partial charge in [-0.15, -0.1) is 0 Å². The van der Waals surface area contributed by atoms with E-state index in [1.54, 1.807) is 14.2 Å². The second-order valence-corrected chi connectivity index (χ2v) is 4.78. The second kappa shape index (κ2) is 6.95. The van der Waals surface area contributed by atoms with Crippen LogP contribution in [0.1, 0.15) is 11.1 Å². The lowest BCUT2D eigenvalue weighted by molar-refractivity contribution is 0.266. The van der Waals surface area contributed by atoms with Crippen LogP contribution >= 0.6 is 12.2 Å². The molecule has 2 rings (SSSR count). The van der Waals surface area contributed by atoms with Gasteiger partial charge in [0, 0.05) is 5.56 Å². The summed E-state index contributed by atoms with van der Waals surface area (Å²) >= 11 is 4.98. The number of methoxy groups -OCH3 is 2. The van der Waals surface area contributed by atoms with E-state index in [9.17, 15) is 0 Å². The molecule has 2 aromatic carbocycles. The molecule has 0 heterocycles. The normalized spacial score (nSPS) is 10.0. The Morgan fingerprint density at radius 2 is 1.67 bits per heavy atom. The monoisotopic (exact) mass is 303 g/mol. The lowest BCUT2D eigenvalue weighted by Crippen LogP contribution is -2.10. The van der Waals surface area contributed by atoms with E-state index in [1.807, 2.05) is 42.5 Å². The highest BCUT2D eigenvalue weighted by Crippen LogP contribution is 2.37. The molecule has 0 aliphatic heterocycles. The van der Waals surface area contributed by atoms with Crippen LogP contribution in [-0.2, 0) is 6.61 Å². The van der Waals surface area contributed by atoms with E-state index in [2.05, 4.69) is 0 Å². The van der Waals surface area contributed by atoms with Gasteiger partial charge in [0.05, 0.1) is 14.2 Å². The molecule has 0 spiro atoms. The molecule has 0 saturated heterocycles. The topological polar surface area (TPSA) is 53.7 Å². The van der Waals surface area contributed by atoms with Crippen molar-refractivity contribution in [3.63, 3.8) is 0 Å². The standard InChI is InChI=1S/C16H17NO3S/c1-18-13-7-4-8-14(19-2)15(13)20-10-11-5-3-6-12(9-11)16(17)21/h3-9H,10H2,1-2H3,(H2,17,21). The van der Waals surface area contributed by atoms with Crippen LogP contribution in [0.3, 0.4) is 0 Å².